The molecule has 1 fully saturated rings. The van der Waals surface area contributed by atoms with Gasteiger partial charge in [-0.05, 0) is 48.9 Å². The molecule has 0 spiro atoms. The topological polar surface area (TPSA) is 132 Å². The molecule has 1 aromatic heterocycles. The lowest BCUT2D eigenvalue weighted by Crippen LogP contribution is -2.43. The summed E-state index contributed by atoms with van der Waals surface area (Å²) in [5.41, 5.74) is 9.82. The van der Waals surface area contributed by atoms with Gasteiger partial charge in [0.2, 0.25) is 0 Å². The van der Waals surface area contributed by atoms with E-state index in [0.717, 1.165) is 34.7 Å². The van der Waals surface area contributed by atoms with Gasteiger partial charge >= 0.3 is 16.3 Å². The number of rotatable bonds is 11. The van der Waals surface area contributed by atoms with Crippen molar-refractivity contribution in [2.24, 2.45) is 11.7 Å². The Bertz CT molecular complexity index is 1240. The predicted molar refractivity (Wildman–Crippen MR) is 136 cm³/mol. The van der Waals surface area contributed by atoms with Crippen molar-refractivity contribution in [2.75, 3.05) is 11.8 Å². The molecule has 2 aromatic carbocycles. The highest BCUT2D eigenvalue weighted by atomic mass is 32.2. The zero-order valence-electron chi connectivity index (χ0n) is 19.3. The molecule has 0 aliphatic heterocycles. The second kappa shape index (κ2) is 10.9. The number of methoxy groups -OCH3 is 1. The number of aromatic nitrogens is 1. The molecule has 1 aliphatic rings. The van der Waals surface area contributed by atoms with Crippen molar-refractivity contribution in [1.82, 2.24) is 4.98 Å². The van der Waals surface area contributed by atoms with E-state index in [2.05, 4.69) is 0 Å². The zero-order chi connectivity index (χ0) is 25.0. The number of carbonyl (C=O) groups is 1. The normalized spacial score (nSPS) is 16.3. The highest BCUT2D eigenvalue weighted by Gasteiger charge is 2.36. The lowest BCUT2D eigenvalue weighted by atomic mass is 9.80. The van der Waals surface area contributed by atoms with Crippen LogP contribution in [0.5, 0.6) is 0 Å². The van der Waals surface area contributed by atoms with E-state index in [-0.39, 0.29) is 17.6 Å². The summed E-state index contributed by atoms with van der Waals surface area (Å²) in [6, 6.07) is 15.8. The van der Waals surface area contributed by atoms with Crippen LogP contribution in [-0.4, -0.2) is 37.1 Å². The van der Waals surface area contributed by atoms with E-state index in [1.54, 1.807) is 35.6 Å². The molecule has 4 N–H and O–H groups in total. The molecule has 3 atom stereocenters. The van der Waals surface area contributed by atoms with Crippen LogP contribution in [0.1, 0.15) is 46.5 Å². The monoisotopic (exact) mass is 515 g/mol. The Balaban J connectivity index is 1.62. The van der Waals surface area contributed by atoms with Crippen LogP contribution in [0.4, 0.5) is 5.69 Å². The second-order valence-corrected chi connectivity index (χ2v) is 10.9. The predicted octanol–water partition coefficient (Wildman–Crippen LogP) is 3.92. The first-order chi connectivity index (χ1) is 16.7. The van der Waals surface area contributed by atoms with Gasteiger partial charge in [-0.25, -0.2) is 4.98 Å². The maximum atomic E-state index is 12.8. The van der Waals surface area contributed by atoms with Crippen LogP contribution in [0.15, 0.2) is 60.0 Å². The Morgan fingerprint density at radius 2 is 1.80 bits per heavy atom. The van der Waals surface area contributed by atoms with E-state index in [4.69, 9.17) is 20.0 Å². The van der Waals surface area contributed by atoms with Gasteiger partial charge in [-0.15, -0.1) is 11.3 Å². The van der Waals surface area contributed by atoms with Gasteiger partial charge in [0, 0.05) is 23.3 Å². The van der Waals surface area contributed by atoms with Crippen LogP contribution >= 0.6 is 11.3 Å². The molecule has 0 bridgehead atoms. The summed E-state index contributed by atoms with van der Waals surface area (Å²) in [5, 5.41) is 3.13. The van der Waals surface area contributed by atoms with Gasteiger partial charge < -0.3 is 10.5 Å². The molecule has 3 unspecified atom stereocenters. The summed E-state index contributed by atoms with van der Waals surface area (Å²) < 4.78 is 38.4. The van der Waals surface area contributed by atoms with E-state index in [0.29, 0.717) is 18.8 Å². The fourth-order valence-electron chi connectivity index (χ4n) is 4.21. The summed E-state index contributed by atoms with van der Waals surface area (Å²) in [4.78, 5) is 17.7. The van der Waals surface area contributed by atoms with Gasteiger partial charge in [-0.2, -0.15) is 8.42 Å². The van der Waals surface area contributed by atoms with Crippen molar-refractivity contribution in [3.05, 3.63) is 81.8 Å². The molecule has 10 heteroatoms. The fourth-order valence-corrected chi connectivity index (χ4v) is 5.70. The lowest BCUT2D eigenvalue weighted by molar-refractivity contribution is -0.146. The zero-order valence-corrected chi connectivity index (χ0v) is 21.0. The number of hydrogen-bond donors (Lipinski definition) is 3. The SMILES string of the molecule is COC(=O)C(Cc1ccccc1)C(N)C(Cc1ccc(NS(=O)(=O)O)cc1)c1csc(C2CC2)n1. The van der Waals surface area contributed by atoms with Crippen LogP contribution in [0, 0.1) is 5.92 Å². The van der Waals surface area contributed by atoms with Crippen molar-refractivity contribution in [3.8, 4) is 0 Å². The molecule has 0 amide bonds. The maximum absolute atomic E-state index is 12.8. The Labute approximate surface area is 209 Å². The van der Waals surface area contributed by atoms with Gasteiger partial charge in [-0.3, -0.25) is 14.1 Å². The van der Waals surface area contributed by atoms with Crippen LogP contribution in [0.2, 0.25) is 0 Å². The third-order valence-electron chi connectivity index (χ3n) is 6.23. The highest BCUT2D eigenvalue weighted by molar-refractivity contribution is 7.87. The van der Waals surface area contributed by atoms with Gasteiger partial charge in [0.15, 0.2) is 0 Å². The van der Waals surface area contributed by atoms with Crippen LogP contribution in [0.3, 0.4) is 0 Å². The minimum atomic E-state index is -4.35. The molecule has 1 aliphatic carbocycles. The first-order valence-corrected chi connectivity index (χ1v) is 13.7. The molecule has 1 heterocycles. The average molecular weight is 516 g/mol. The molecule has 186 valence electrons. The molecule has 3 aromatic rings. The van der Waals surface area contributed by atoms with Gasteiger partial charge in [0.05, 0.1) is 29.4 Å². The van der Waals surface area contributed by atoms with Crippen molar-refractivity contribution in [1.29, 1.82) is 0 Å². The summed E-state index contributed by atoms with van der Waals surface area (Å²) in [6.07, 6.45) is 3.24. The molecule has 4 rings (SSSR count). The van der Waals surface area contributed by atoms with E-state index in [9.17, 15) is 13.2 Å². The van der Waals surface area contributed by atoms with E-state index < -0.39 is 22.3 Å². The molecule has 35 heavy (non-hydrogen) atoms. The number of ether oxygens (including phenoxy) is 1. The Morgan fingerprint density at radius 3 is 2.40 bits per heavy atom. The second-order valence-electron chi connectivity index (χ2n) is 8.87. The lowest BCUT2D eigenvalue weighted by Gasteiger charge is -2.29. The van der Waals surface area contributed by atoms with Gasteiger partial charge in [0.25, 0.3) is 0 Å². The number of nitrogens with one attached hydrogen (secondary N) is 1. The Morgan fingerprint density at radius 1 is 1.14 bits per heavy atom. The first kappa shape index (κ1) is 25.3. The molecule has 8 nitrogen and oxygen atoms in total. The average Bonchev–Trinajstić information content (AvgIpc) is 3.58. The Hall–Kier alpha value is -2.79. The number of carbonyl (C=O) groups excluding carboxylic acids is 1. The van der Waals surface area contributed by atoms with Crippen molar-refractivity contribution < 1.29 is 22.5 Å². The standard InChI is InChI=1S/C25H29N3O5S2/c1-33-25(29)21(14-16-5-3-2-4-6-16)23(26)20(22-15-34-24(27-22)18-9-10-18)13-17-7-11-19(12-8-17)28-35(30,31)32/h2-8,11-12,15,18,20-21,23,28H,9-10,13-14,26H2,1H3,(H,30,31,32). The van der Waals surface area contributed by atoms with E-state index in [1.807, 2.05) is 40.4 Å². The van der Waals surface area contributed by atoms with Crippen molar-refractivity contribution in [3.63, 3.8) is 0 Å². The van der Waals surface area contributed by atoms with Crippen molar-refractivity contribution >= 4 is 33.3 Å². The summed E-state index contributed by atoms with van der Waals surface area (Å²) in [5.74, 6) is -0.681. The van der Waals surface area contributed by atoms with Crippen LogP contribution < -0.4 is 10.5 Å². The number of nitrogens with zero attached hydrogens (tertiary/aromatic N) is 1. The Kier molecular flexibility index (Phi) is 7.85. The van der Waals surface area contributed by atoms with Gasteiger partial charge in [-0.1, -0.05) is 42.5 Å². The first-order valence-electron chi connectivity index (χ1n) is 11.4. The number of hydrogen-bond acceptors (Lipinski definition) is 7. The minimum absolute atomic E-state index is 0.248. The number of nitrogens with two attached hydrogens (primary N) is 1. The molecule has 0 saturated heterocycles. The largest absolute Gasteiger partial charge is 0.469 e. The van der Waals surface area contributed by atoms with Gasteiger partial charge in [0.1, 0.15) is 0 Å². The smallest absolute Gasteiger partial charge is 0.357 e. The van der Waals surface area contributed by atoms with Crippen LogP contribution in [0.25, 0.3) is 0 Å². The maximum Gasteiger partial charge on any atom is 0.357 e. The number of esters is 1. The highest BCUT2D eigenvalue weighted by Crippen LogP contribution is 2.42. The molecule has 0 radical (unpaired) electrons. The third-order valence-corrected chi connectivity index (χ3v) is 7.75. The molecular weight excluding hydrogens is 486 g/mol. The van der Waals surface area contributed by atoms with E-state index >= 15 is 0 Å². The summed E-state index contributed by atoms with van der Waals surface area (Å²) in [6.45, 7) is 0. The van der Waals surface area contributed by atoms with Crippen molar-refractivity contribution in [2.45, 2.75) is 43.6 Å². The molecular formula is C25H29N3O5S2. The number of anilines is 1. The third kappa shape index (κ3) is 6.88. The minimum Gasteiger partial charge on any atom is -0.469 e. The summed E-state index contributed by atoms with van der Waals surface area (Å²) >= 11 is 1.63. The quantitative estimate of drug-likeness (QED) is 0.260. The number of benzene rings is 2. The summed E-state index contributed by atoms with van der Waals surface area (Å²) in [7, 11) is -2.98. The molecule has 1 saturated carbocycles. The number of thiazole rings is 1. The fraction of sp³-hybridized carbons (Fsp3) is 0.360. The van der Waals surface area contributed by atoms with E-state index in [1.165, 1.54) is 7.11 Å². The van der Waals surface area contributed by atoms with Crippen LogP contribution in [-0.2, 0) is 32.7 Å².